The minimum absolute atomic E-state index is 0.427. The molecule has 6 heteroatoms. The van der Waals surface area contributed by atoms with Crippen LogP contribution < -0.4 is 4.90 Å². The van der Waals surface area contributed by atoms with Crippen LogP contribution in [0.5, 0.6) is 0 Å². The van der Waals surface area contributed by atoms with Crippen molar-refractivity contribution in [3.8, 4) is 11.1 Å². The Labute approximate surface area is 340 Å². The van der Waals surface area contributed by atoms with Gasteiger partial charge in [0.05, 0.1) is 33.6 Å². The molecule has 0 amide bonds. The maximum absolute atomic E-state index is 6.89. The number of aliphatic imine (C=N–C) groups is 3. The maximum Gasteiger partial charge on any atom is 0.161 e. The Morgan fingerprint density at radius 3 is 1.98 bits per heavy atom. The Bertz CT molecular complexity index is 3150. The summed E-state index contributed by atoms with van der Waals surface area (Å²) in [7, 11) is 0. The molecule has 0 spiro atoms. The lowest BCUT2D eigenvalue weighted by Gasteiger charge is -2.27. The summed E-state index contributed by atoms with van der Waals surface area (Å²) in [6.07, 6.45) is 0. The fourth-order valence-corrected chi connectivity index (χ4v) is 8.94. The number of benzene rings is 8. The second-order valence-corrected chi connectivity index (χ2v) is 15.1. The van der Waals surface area contributed by atoms with E-state index in [0.717, 1.165) is 55.7 Å². The summed E-state index contributed by atoms with van der Waals surface area (Å²) in [5, 5.41) is 4.44. The number of nitrogens with zero attached hydrogens (tertiary/aromatic N) is 4. The largest absolute Gasteiger partial charge is 0.455 e. The highest BCUT2D eigenvalue weighted by Gasteiger charge is 2.25. The first-order valence-electron chi connectivity index (χ1n) is 19.2. The Morgan fingerprint density at radius 1 is 0.552 bits per heavy atom. The predicted octanol–water partition coefficient (Wildman–Crippen LogP) is 14.2. The molecule has 0 aliphatic heterocycles. The molecule has 0 radical (unpaired) electrons. The first-order chi connectivity index (χ1) is 28.7. The second-order valence-electron chi connectivity index (χ2n) is 14.0. The van der Waals surface area contributed by atoms with Crippen molar-refractivity contribution >= 4 is 88.9 Å². The van der Waals surface area contributed by atoms with Crippen molar-refractivity contribution in [2.45, 2.75) is 6.54 Å². The van der Waals surface area contributed by atoms with E-state index >= 15 is 0 Å². The summed E-state index contributed by atoms with van der Waals surface area (Å²) in [5.74, 6) is 0.994. The fourth-order valence-electron chi connectivity index (χ4n) is 7.73. The molecule has 276 valence electrons. The zero-order valence-electron chi connectivity index (χ0n) is 31.5. The average Bonchev–Trinajstić information content (AvgIpc) is 3.88. The molecule has 2 aromatic heterocycles. The van der Waals surface area contributed by atoms with Crippen LogP contribution in [0, 0.1) is 0 Å². The third-order valence-corrected chi connectivity index (χ3v) is 11.7. The molecule has 0 bridgehead atoms. The summed E-state index contributed by atoms with van der Waals surface area (Å²) >= 11 is 1.82. The van der Waals surface area contributed by atoms with Gasteiger partial charge in [-0.05, 0) is 65.9 Å². The summed E-state index contributed by atoms with van der Waals surface area (Å²) in [6.45, 7) is 4.33. The van der Waals surface area contributed by atoms with E-state index < -0.39 is 0 Å². The number of fused-ring (bicyclic) bond motifs is 6. The van der Waals surface area contributed by atoms with E-state index in [1.54, 1.807) is 0 Å². The number of para-hydroxylation sites is 1. The van der Waals surface area contributed by atoms with E-state index in [2.05, 4.69) is 150 Å². The molecule has 0 saturated heterocycles. The van der Waals surface area contributed by atoms with Crippen molar-refractivity contribution in [1.29, 1.82) is 0 Å². The lowest BCUT2D eigenvalue weighted by Crippen LogP contribution is -2.12. The van der Waals surface area contributed by atoms with Gasteiger partial charge >= 0.3 is 0 Å². The van der Waals surface area contributed by atoms with Crippen molar-refractivity contribution < 1.29 is 4.42 Å². The zero-order valence-corrected chi connectivity index (χ0v) is 32.3. The Kier molecular flexibility index (Phi) is 9.22. The third kappa shape index (κ3) is 6.45. The van der Waals surface area contributed by atoms with Crippen LogP contribution in [0.3, 0.4) is 0 Å². The molecule has 0 fully saturated rings. The molecule has 2 heterocycles. The number of thiophene rings is 1. The average molecular weight is 765 g/mol. The molecule has 0 N–H and O–H groups in total. The molecule has 10 rings (SSSR count). The molecule has 5 nitrogen and oxygen atoms in total. The number of hydrogen-bond acceptors (Lipinski definition) is 4. The highest BCUT2D eigenvalue weighted by Crippen LogP contribution is 2.48. The number of rotatable bonds is 8. The predicted molar refractivity (Wildman–Crippen MR) is 246 cm³/mol. The molecular weight excluding hydrogens is 729 g/mol. The lowest BCUT2D eigenvalue weighted by molar-refractivity contribution is 0.668. The van der Waals surface area contributed by atoms with Crippen LogP contribution in [0.2, 0.25) is 0 Å². The fraction of sp³-hybridized carbons (Fsp3) is 0.0192. The lowest BCUT2D eigenvalue weighted by atomic mass is 10.0. The van der Waals surface area contributed by atoms with Crippen LogP contribution in [-0.2, 0) is 6.54 Å². The van der Waals surface area contributed by atoms with Gasteiger partial charge in [0, 0.05) is 32.1 Å². The van der Waals surface area contributed by atoms with Gasteiger partial charge in [0.2, 0.25) is 0 Å². The molecule has 0 aliphatic rings. The van der Waals surface area contributed by atoms with E-state index in [-0.39, 0.29) is 0 Å². The normalized spacial score (nSPS) is 12.1. The van der Waals surface area contributed by atoms with Crippen molar-refractivity contribution in [3.05, 3.63) is 211 Å². The van der Waals surface area contributed by atoms with Gasteiger partial charge in [-0.2, -0.15) is 0 Å². The van der Waals surface area contributed by atoms with Gasteiger partial charge in [-0.25, -0.2) is 9.98 Å². The first-order valence-corrected chi connectivity index (χ1v) is 20.0. The standard InChI is InChI=1S/C52H36N4OS/c1-53-51(38-20-9-4-10-21-38)55-52(54-34-35-16-5-2-6-17-35)43-32-33-44(48-42-23-11-13-26-46(42)57-49(43)48)56(39-30-28-37(29-31-39)36-18-7-3-8-19-36)45-25-15-24-41-40-22-12-14-27-47(40)58-50(41)45/h2-33H,1,34H2. The van der Waals surface area contributed by atoms with Crippen LogP contribution in [0.1, 0.15) is 16.7 Å². The summed E-state index contributed by atoms with van der Waals surface area (Å²) in [6, 6.07) is 67.2. The van der Waals surface area contributed by atoms with Crippen LogP contribution in [0.4, 0.5) is 17.1 Å². The van der Waals surface area contributed by atoms with Crippen molar-refractivity contribution in [2.75, 3.05) is 4.90 Å². The number of furan rings is 1. The van der Waals surface area contributed by atoms with Gasteiger partial charge in [0.15, 0.2) is 11.7 Å². The quantitative estimate of drug-likeness (QED) is 0.114. The third-order valence-electron chi connectivity index (χ3n) is 10.5. The molecule has 10 aromatic rings. The highest BCUT2D eigenvalue weighted by molar-refractivity contribution is 7.26. The van der Waals surface area contributed by atoms with E-state index in [1.807, 2.05) is 72.0 Å². The van der Waals surface area contributed by atoms with Gasteiger partial charge in [-0.3, -0.25) is 4.99 Å². The Hall–Kier alpha value is -7.41. The van der Waals surface area contributed by atoms with Crippen LogP contribution in [-0.4, -0.2) is 18.4 Å². The molecule has 0 atom stereocenters. The number of hydrogen-bond donors (Lipinski definition) is 0. The van der Waals surface area contributed by atoms with Crippen molar-refractivity contribution in [2.24, 2.45) is 15.0 Å². The molecule has 0 saturated carbocycles. The van der Waals surface area contributed by atoms with Gasteiger partial charge in [0.1, 0.15) is 11.2 Å². The Morgan fingerprint density at radius 2 is 1.21 bits per heavy atom. The maximum atomic E-state index is 6.89. The van der Waals surface area contributed by atoms with Gasteiger partial charge < -0.3 is 9.32 Å². The molecule has 0 unspecified atom stereocenters. The zero-order chi connectivity index (χ0) is 38.8. The topological polar surface area (TPSA) is 53.5 Å². The monoisotopic (exact) mass is 764 g/mol. The first kappa shape index (κ1) is 35.0. The van der Waals surface area contributed by atoms with Crippen LogP contribution in [0.25, 0.3) is 53.2 Å². The summed E-state index contributed by atoms with van der Waals surface area (Å²) in [4.78, 5) is 17.1. The minimum Gasteiger partial charge on any atom is -0.455 e. The second kappa shape index (κ2) is 15.3. The molecule has 58 heavy (non-hydrogen) atoms. The molecule has 0 aliphatic carbocycles. The van der Waals surface area contributed by atoms with Gasteiger partial charge in [-0.1, -0.05) is 152 Å². The molecular formula is C52H36N4OS. The highest BCUT2D eigenvalue weighted by atomic mass is 32.1. The van der Waals surface area contributed by atoms with Gasteiger partial charge in [-0.15, -0.1) is 11.3 Å². The van der Waals surface area contributed by atoms with E-state index in [1.165, 1.54) is 25.7 Å². The van der Waals surface area contributed by atoms with Crippen molar-refractivity contribution in [1.82, 2.24) is 0 Å². The summed E-state index contributed by atoms with van der Waals surface area (Å²) in [5.41, 5.74) is 9.59. The number of amidine groups is 2. The van der Waals surface area contributed by atoms with E-state index in [9.17, 15) is 0 Å². The van der Waals surface area contributed by atoms with Crippen LogP contribution in [0.15, 0.2) is 214 Å². The molecule has 8 aromatic carbocycles. The van der Waals surface area contributed by atoms with E-state index in [4.69, 9.17) is 14.4 Å². The van der Waals surface area contributed by atoms with Gasteiger partial charge in [0.25, 0.3) is 0 Å². The smallest absolute Gasteiger partial charge is 0.161 e. The SMILES string of the molecule is C=NC(=NC(=NCc1ccccc1)c1ccc(N(c2ccc(-c3ccccc3)cc2)c2cccc3c2sc2ccccc23)c2c1oc1ccccc12)c1ccccc1. The van der Waals surface area contributed by atoms with Crippen LogP contribution >= 0.6 is 11.3 Å². The number of anilines is 3. The van der Waals surface area contributed by atoms with Crippen molar-refractivity contribution in [3.63, 3.8) is 0 Å². The van der Waals surface area contributed by atoms with E-state index in [0.29, 0.717) is 23.8 Å². The minimum atomic E-state index is 0.427. The Balaban J connectivity index is 1.23. The summed E-state index contributed by atoms with van der Waals surface area (Å²) < 4.78 is 9.35.